The van der Waals surface area contributed by atoms with Crippen LogP contribution in [0.2, 0.25) is 0 Å². The maximum absolute atomic E-state index is 14.3. The quantitative estimate of drug-likeness (QED) is 0.437. The molecule has 1 N–H and O–H groups in total. The Morgan fingerprint density at radius 3 is 2.97 bits per heavy atom. The van der Waals surface area contributed by atoms with Gasteiger partial charge in [0, 0.05) is 35.0 Å². The third-order valence-electron chi connectivity index (χ3n) is 5.50. The van der Waals surface area contributed by atoms with Crippen LogP contribution in [-0.2, 0) is 17.0 Å². The lowest BCUT2D eigenvalue weighted by Crippen LogP contribution is -2.16. The predicted molar refractivity (Wildman–Crippen MR) is 117 cm³/mol. The second kappa shape index (κ2) is 8.53. The van der Waals surface area contributed by atoms with Gasteiger partial charge in [0.2, 0.25) is 0 Å². The Hall–Kier alpha value is -3.15. The molecule has 5 rings (SSSR count). The summed E-state index contributed by atoms with van der Waals surface area (Å²) in [6.45, 7) is 1.42. The Labute approximate surface area is 183 Å². The first kappa shape index (κ1) is 19.8. The number of hydrogen-bond acceptors (Lipinski definition) is 5. The molecule has 0 unspecified atom stereocenters. The SMILES string of the molecule is N#Cc1ccc(CSc2nnc(-c3c[nH]c4ccccc34)n2C[C@H]2CCCO2)c(F)c1. The van der Waals surface area contributed by atoms with E-state index in [-0.39, 0.29) is 11.9 Å². The Morgan fingerprint density at radius 1 is 1.26 bits per heavy atom. The van der Waals surface area contributed by atoms with Crippen LogP contribution in [0.15, 0.2) is 53.8 Å². The first-order valence-corrected chi connectivity index (χ1v) is 11.1. The number of nitriles is 1. The van der Waals surface area contributed by atoms with E-state index in [0.29, 0.717) is 23.4 Å². The van der Waals surface area contributed by atoms with Crippen LogP contribution in [0.5, 0.6) is 0 Å². The van der Waals surface area contributed by atoms with Crippen molar-refractivity contribution in [3.63, 3.8) is 0 Å². The van der Waals surface area contributed by atoms with Gasteiger partial charge in [-0.2, -0.15) is 5.26 Å². The summed E-state index contributed by atoms with van der Waals surface area (Å²) in [4.78, 5) is 3.30. The first-order chi connectivity index (χ1) is 15.2. The predicted octanol–water partition coefficient (Wildman–Crippen LogP) is 4.91. The van der Waals surface area contributed by atoms with Crippen LogP contribution in [0, 0.1) is 17.1 Å². The smallest absolute Gasteiger partial charge is 0.191 e. The molecule has 0 aliphatic carbocycles. The molecule has 156 valence electrons. The number of aromatic amines is 1. The number of nitrogens with zero attached hydrogens (tertiary/aromatic N) is 4. The highest BCUT2D eigenvalue weighted by Gasteiger charge is 2.23. The van der Waals surface area contributed by atoms with Gasteiger partial charge in [-0.05, 0) is 36.6 Å². The Kier molecular flexibility index (Phi) is 5.45. The molecule has 1 atom stereocenters. The van der Waals surface area contributed by atoms with E-state index in [1.54, 1.807) is 12.1 Å². The Balaban J connectivity index is 1.48. The minimum Gasteiger partial charge on any atom is -0.376 e. The zero-order valence-electron chi connectivity index (χ0n) is 16.7. The number of thioether (sulfide) groups is 1. The van der Waals surface area contributed by atoms with Gasteiger partial charge in [0.25, 0.3) is 0 Å². The summed E-state index contributed by atoms with van der Waals surface area (Å²) in [7, 11) is 0. The lowest BCUT2D eigenvalue weighted by molar-refractivity contribution is 0.0953. The van der Waals surface area contributed by atoms with Gasteiger partial charge in [0.05, 0.1) is 24.3 Å². The summed E-state index contributed by atoms with van der Waals surface area (Å²) in [6.07, 6.45) is 4.12. The molecule has 4 aromatic rings. The fourth-order valence-electron chi connectivity index (χ4n) is 3.88. The second-order valence-corrected chi connectivity index (χ2v) is 8.45. The van der Waals surface area contributed by atoms with Crippen molar-refractivity contribution in [2.24, 2.45) is 0 Å². The second-order valence-electron chi connectivity index (χ2n) is 7.51. The van der Waals surface area contributed by atoms with Crippen molar-refractivity contribution in [1.29, 1.82) is 5.26 Å². The van der Waals surface area contributed by atoms with Crippen LogP contribution in [-0.4, -0.2) is 32.5 Å². The van der Waals surface area contributed by atoms with E-state index in [4.69, 9.17) is 10.00 Å². The van der Waals surface area contributed by atoms with Gasteiger partial charge < -0.3 is 9.72 Å². The number of H-pyrrole nitrogens is 1. The van der Waals surface area contributed by atoms with Crippen molar-refractivity contribution in [1.82, 2.24) is 19.7 Å². The lowest BCUT2D eigenvalue weighted by atomic mass is 10.1. The molecule has 0 bridgehead atoms. The molecule has 0 spiro atoms. The number of ether oxygens (including phenoxy) is 1. The normalized spacial score (nSPS) is 16.1. The van der Waals surface area contributed by atoms with Crippen molar-refractivity contribution in [2.75, 3.05) is 6.61 Å². The van der Waals surface area contributed by atoms with Gasteiger partial charge in [-0.25, -0.2) is 4.39 Å². The number of rotatable bonds is 6. The summed E-state index contributed by atoms with van der Waals surface area (Å²) in [5.41, 5.74) is 2.87. The fourth-order valence-corrected chi connectivity index (χ4v) is 4.82. The highest BCUT2D eigenvalue weighted by Crippen LogP contribution is 2.32. The number of hydrogen-bond donors (Lipinski definition) is 1. The number of nitrogens with one attached hydrogen (secondary N) is 1. The Bertz CT molecular complexity index is 1270. The molecule has 0 saturated carbocycles. The average Bonchev–Trinajstić information content (AvgIpc) is 3.53. The third kappa shape index (κ3) is 3.94. The summed E-state index contributed by atoms with van der Waals surface area (Å²) < 4.78 is 22.3. The molecular formula is C23H20FN5OS. The topological polar surface area (TPSA) is 79.5 Å². The zero-order valence-corrected chi connectivity index (χ0v) is 17.5. The van der Waals surface area contributed by atoms with E-state index in [0.717, 1.165) is 46.9 Å². The molecule has 8 heteroatoms. The molecule has 2 aromatic heterocycles. The van der Waals surface area contributed by atoms with Gasteiger partial charge in [0.1, 0.15) is 5.82 Å². The van der Waals surface area contributed by atoms with Gasteiger partial charge in [0.15, 0.2) is 11.0 Å². The fraction of sp³-hybridized carbons (Fsp3) is 0.261. The largest absolute Gasteiger partial charge is 0.376 e. The minimum atomic E-state index is -0.381. The molecule has 1 saturated heterocycles. The van der Waals surface area contributed by atoms with E-state index < -0.39 is 0 Å². The lowest BCUT2D eigenvalue weighted by Gasteiger charge is -2.14. The summed E-state index contributed by atoms with van der Waals surface area (Å²) in [5, 5.41) is 19.7. The van der Waals surface area contributed by atoms with E-state index in [9.17, 15) is 4.39 Å². The van der Waals surface area contributed by atoms with E-state index >= 15 is 0 Å². The van der Waals surface area contributed by atoms with E-state index in [1.165, 1.54) is 17.8 Å². The molecule has 3 heterocycles. The molecule has 6 nitrogen and oxygen atoms in total. The minimum absolute atomic E-state index is 0.117. The van der Waals surface area contributed by atoms with E-state index in [2.05, 4.69) is 25.8 Å². The number of para-hydroxylation sites is 1. The molecule has 1 aliphatic rings. The highest BCUT2D eigenvalue weighted by atomic mass is 32.2. The molecule has 0 radical (unpaired) electrons. The number of halogens is 1. The average molecular weight is 434 g/mol. The van der Waals surface area contributed by atoms with Gasteiger partial charge in [-0.3, -0.25) is 4.57 Å². The van der Waals surface area contributed by atoms with Crippen molar-refractivity contribution < 1.29 is 9.13 Å². The molecule has 1 aliphatic heterocycles. The number of benzene rings is 2. The maximum Gasteiger partial charge on any atom is 0.191 e. The van der Waals surface area contributed by atoms with E-state index in [1.807, 2.05) is 30.5 Å². The van der Waals surface area contributed by atoms with Crippen molar-refractivity contribution in [3.05, 3.63) is 65.6 Å². The molecule has 1 fully saturated rings. The van der Waals surface area contributed by atoms with Crippen LogP contribution in [0.3, 0.4) is 0 Å². The van der Waals surface area contributed by atoms with Crippen molar-refractivity contribution >= 4 is 22.7 Å². The van der Waals surface area contributed by atoms with Crippen LogP contribution in [0.4, 0.5) is 4.39 Å². The first-order valence-electron chi connectivity index (χ1n) is 10.2. The maximum atomic E-state index is 14.3. The van der Waals surface area contributed by atoms with Gasteiger partial charge in [-0.1, -0.05) is 36.0 Å². The van der Waals surface area contributed by atoms with Crippen molar-refractivity contribution in [3.8, 4) is 17.5 Å². The Morgan fingerprint density at radius 2 is 2.16 bits per heavy atom. The summed E-state index contributed by atoms with van der Waals surface area (Å²) >= 11 is 1.44. The molecular weight excluding hydrogens is 413 g/mol. The molecule has 31 heavy (non-hydrogen) atoms. The number of fused-ring (bicyclic) bond motifs is 1. The van der Waals surface area contributed by atoms with Crippen LogP contribution in [0.1, 0.15) is 24.0 Å². The third-order valence-corrected chi connectivity index (χ3v) is 6.51. The monoisotopic (exact) mass is 433 g/mol. The highest BCUT2D eigenvalue weighted by molar-refractivity contribution is 7.98. The standard InChI is InChI=1S/C23H20FN5OS/c24-20-10-15(11-25)7-8-16(20)14-31-23-28-27-22(29(23)13-17-4-3-9-30-17)19-12-26-21-6-2-1-5-18(19)21/h1-2,5-8,10,12,17,26H,3-4,9,13-14H2/t17-/m1/s1. The van der Waals surface area contributed by atoms with Crippen LogP contribution in [0.25, 0.3) is 22.3 Å². The van der Waals surface area contributed by atoms with Gasteiger partial charge >= 0.3 is 0 Å². The summed E-state index contributed by atoms with van der Waals surface area (Å²) in [6, 6.07) is 14.6. The number of aromatic nitrogens is 4. The van der Waals surface area contributed by atoms with Crippen molar-refractivity contribution in [2.45, 2.75) is 36.4 Å². The van der Waals surface area contributed by atoms with Crippen LogP contribution < -0.4 is 0 Å². The zero-order chi connectivity index (χ0) is 21.2. The van der Waals surface area contributed by atoms with Crippen LogP contribution >= 0.6 is 11.8 Å². The molecule has 2 aromatic carbocycles. The van der Waals surface area contributed by atoms with Gasteiger partial charge in [-0.15, -0.1) is 10.2 Å². The summed E-state index contributed by atoms with van der Waals surface area (Å²) in [5.74, 6) is 0.791. The molecule has 0 amide bonds.